The Kier molecular flexibility index (Phi) is 8.45. The Bertz CT molecular complexity index is 1170. The van der Waals surface area contributed by atoms with Gasteiger partial charge in [0.2, 0.25) is 0 Å². The van der Waals surface area contributed by atoms with E-state index in [2.05, 4.69) is 15.5 Å². The van der Waals surface area contributed by atoms with Gasteiger partial charge >= 0.3 is 5.97 Å². The van der Waals surface area contributed by atoms with Crippen LogP contribution in [0.4, 0.5) is 17.1 Å². The third-order valence-electron chi connectivity index (χ3n) is 4.13. The molecule has 0 heterocycles. The molecule has 3 aromatic carbocycles. The van der Waals surface area contributed by atoms with Gasteiger partial charge in [0, 0.05) is 11.8 Å². The topological polar surface area (TPSA) is 113 Å². The van der Waals surface area contributed by atoms with Crippen molar-refractivity contribution in [1.82, 2.24) is 0 Å². The van der Waals surface area contributed by atoms with E-state index >= 15 is 0 Å². The molecule has 0 fully saturated rings. The summed E-state index contributed by atoms with van der Waals surface area (Å²) in [4.78, 5) is 23.9. The van der Waals surface area contributed by atoms with Crippen molar-refractivity contribution in [2.75, 3.05) is 18.5 Å². The highest BCUT2D eigenvalue weighted by Crippen LogP contribution is 2.20. The average Bonchev–Trinajstić information content (AvgIpc) is 2.86. The predicted molar refractivity (Wildman–Crippen MR) is 123 cm³/mol. The van der Waals surface area contributed by atoms with Gasteiger partial charge < -0.3 is 14.8 Å². The number of nitrogens with one attached hydrogen (secondary N) is 1. The molecule has 164 valence electrons. The van der Waals surface area contributed by atoms with E-state index in [4.69, 9.17) is 14.7 Å². The summed E-state index contributed by atoms with van der Waals surface area (Å²) >= 11 is 0. The van der Waals surface area contributed by atoms with Gasteiger partial charge in [-0.2, -0.15) is 15.5 Å². The minimum atomic E-state index is -0.647. The fourth-order valence-electron chi connectivity index (χ4n) is 2.56. The molecule has 0 unspecified atom stereocenters. The third kappa shape index (κ3) is 8.11. The summed E-state index contributed by atoms with van der Waals surface area (Å²) in [5, 5.41) is 19.4. The Labute approximate surface area is 190 Å². The Balaban J connectivity index is 1.42. The summed E-state index contributed by atoms with van der Waals surface area (Å²) in [5.74, 6) is -0.554. The van der Waals surface area contributed by atoms with Gasteiger partial charge in [-0.05, 0) is 60.2 Å². The number of azo groups is 1. The van der Waals surface area contributed by atoms with Crippen LogP contribution in [-0.4, -0.2) is 25.1 Å². The molecule has 0 atom stereocenters. The van der Waals surface area contributed by atoms with Gasteiger partial charge in [-0.15, -0.1) is 0 Å². The first-order chi connectivity index (χ1) is 16.1. The number of carbonyl (C=O) groups excluding carboxylic acids is 2. The summed E-state index contributed by atoms with van der Waals surface area (Å²) < 4.78 is 10.1. The number of hydrogen-bond acceptors (Lipinski definition) is 7. The lowest BCUT2D eigenvalue weighted by Crippen LogP contribution is -2.20. The van der Waals surface area contributed by atoms with Crippen LogP contribution >= 0.6 is 0 Å². The normalized spacial score (nSPS) is 10.6. The van der Waals surface area contributed by atoms with Crippen LogP contribution in [0.25, 0.3) is 6.08 Å². The Hall–Kier alpha value is -4.77. The van der Waals surface area contributed by atoms with Crippen molar-refractivity contribution in [3.8, 4) is 11.8 Å². The second kappa shape index (κ2) is 12.2. The highest BCUT2D eigenvalue weighted by molar-refractivity contribution is 5.94. The molecule has 0 aliphatic heterocycles. The van der Waals surface area contributed by atoms with E-state index in [1.54, 1.807) is 54.6 Å². The van der Waals surface area contributed by atoms with Gasteiger partial charge in [-0.3, -0.25) is 4.79 Å². The van der Waals surface area contributed by atoms with Crippen LogP contribution in [0.2, 0.25) is 0 Å². The van der Waals surface area contributed by atoms with Crippen LogP contribution < -0.4 is 10.1 Å². The predicted octanol–water partition coefficient (Wildman–Crippen LogP) is 5.20. The van der Waals surface area contributed by atoms with E-state index in [-0.39, 0.29) is 6.61 Å². The lowest BCUT2D eigenvalue weighted by atomic mass is 10.2. The zero-order valence-electron chi connectivity index (χ0n) is 17.5. The zero-order valence-corrected chi connectivity index (χ0v) is 17.5. The second-order valence-corrected chi connectivity index (χ2v) is 6.59. The quantitative estimate of drug-likeness (QED) is 0.279. The number of nitriles is 1. The maximum Gasteiger partial charge on any atom is 0.331 e. The highest BCUT2D eigenvalue weighted by atomic mass is 16.5. The van der Waals surface area contributed by atoms with Crippen LogP contribution in [0.15, 0.2) is 95.2 Å². The molecular weight excluding hydrogens is 420 g/mol. The zero-order chi connectivity index (χ0) is 23.3. The van der Waals surface area contributed by atoms with Gasteiger partial charge in [0.25, 0.3) is 5.91 Å². The number of carbonyl (C=O) groups is 2. The van der Waals surface area contributed by atoms with Crippen LogP contribution in [0, 0.1) is 11.3 Å². The maximum absolute atomic E-state index is 12.0. The number of hydrogen-bond donors (Lipinski definition) is 1. The van der Waals surface area contributed by atoms with Gasteiger partial charge in [-0.1, -0.05) is 30.3 Å². The van der Waals surface area contributed by atoms with Crippen molar-refractivity contribution >= 4 is 35.0 Å². The van der Waals surface area contributed by atoms with Crippen molar-refractivity contribution in [2.24, 2.45) is 10.2 Å². The van der Waals surface area contributed by atoms with Gasteiger partial charge in [-0.25, -0.2) is 4.79 Å². The fraction of sp³-hybridized carbons (Fsp3) is 0.0800. The Morgan fingerprint density at radius 1 is 0.909 bits per heavy atom. The molecule has 0 spiro atoms. The molecular formula is C25H20N4O4. The van der Waals surface area contributed by atoms with Crippen LogP contribution in [0.5, 0.6) is 5.75 Å². The molecule has 0 aliphatic rings. The minimum absolute atomic E-state index is 0.0346. The molecule has 8 nitrogen and oxygen atoms in total. The number of anilines is 1. The van der Waals surface area contributed by atoms with Gasteiger partial charge in [0.1, 0.15) is 11.8 Å². The summed E-state index contributed by atoms with van der Waals surface area (Å²) in [6.45, 7) is -0.452. The average molecular weight is 440 g/mol. The maximum atomic E-state index is 12.0. The molecule has 0 aliphatic carbocycles. The number of ether oxygens (including phenoxy) is 2. The molecule has 33 heavy (non-hydrogen) atoms. The Morgan fingerprint density at radius 3 is 2.24 bits per heavy atom. The van der Waals surface area contributed by atoms with Crippen LogP contribution in [0.1, 0.15) is 5.56 Å². The molecule has 0 saturated heterocycles. The first-order valence-corrected chi connectivity index (χ1v) is 9.94. The number of amides is 1. The molecule has 1 N–H and O–H groups in total. The number of benzene rings is 3. The van der Waals surface area contributed by atoms with Crippen molar-refractivity contribution in [3.05, 3.63) is 90.5 Å². The van der Waals surface area contributed by atoms with E-state index in [9.17, 15) is 9.59 Å². The van der Waals surface area contributed by atoms with E-state index < -0.39 is 18.5 Å². The molecule has 1 amide bonds. The molecule has 8 heteroatoms. The number of nitrogens with zero attached hydrogens (tertiary/aromatic N) is 3. The third-order valence-corrected chi connectivity index (χ3v) is 4.13. The van der Waals surface area contributed by atoms with Crippen molar-refractivity contribution < 1.29 is 19.1 Å². The largest absolute Gasteiger partial charge is 0.479 e. The summed E-state index contributed by atoms with van der Waals surface area (Å²) in [7, 11) is 0. The van der Waals surface area contributed by atoms with Crippen LogP contribution in [0.3, 0.4) is 0 Å². The standard InChI is InChI=1S/C25H20N4O4/c26-16-17-32-23-13-6-19(7-14-23)8-15-25(31)33-18-24(30)27-20-9-11-22(12-10-20)29-28-21-4-2-1-3-5-21/h1-15H,17-18H2,(H,27,30)/b15-8+,29-28?. The lowest BCUT2D eigenvalue weighted by Gasteiger charge is -2.05. The fourth-order valence-corrected chi connectivity index (χ4v) is 2.56. The van der Waals surface area contributed by atoms with Crippen molar-refractivity contribution in [2.45, 2.75) is 0 Å². The molecule has 0 radical (unpaired) electrons. The van der Waals surface area contributed by atoms with Crippen molar-refractivity contribution in [3.63, 3.8) is 0 Å². The van der Waals surface area contributed by atoms with E-state index in [1.165, 1.54) is 6.08 Å². The summed E-state index contributed by atoms with van der Waals surface area (Å²) in [6, 6.07) is 24.9. The SMILES string of the molecule is N#CCOc1ccc(/C=C/C(=O)OCC(=O)Nc2ccc(N=Nc3ccccc3)cc2)cc1. The first-order valence-electron chi connectivity index (χ1n) is 9.94. The molecule has 0 saturated carbocycles. The van der Waals surface area contributed by atoms with E-state index in [0.29, 0.717) is 17.1 Å². The van der Waals surface area contributed by atoms with E-state index in [1.807, 2.05) is 36.4 Å². The lowest BCUT2D eigenvalue weighted by molar-refractivity contribution is -0.142. The van der Waals surface area contributed by atoms with Gasteiger partial charge in [0.15, 0.2) is 13.2 Å². The smallest absolute Gasteiger partial charge is 0.331 e. The number of rotatable bonds is 9. The minimum Gasteiger partial charge on any atom is -0.479 e. The summed E-state index contributed by atoms with van der Waals surface area (Å²) in [6.07, 6.45) is 2.78. The number of esters is 1. The molecule has 0 aromatic heterocycles. The van der Waals surface area contributed by atoms with Crippen LogP contribution in [-0.2, 0) is 14.3 Å². The molecule has 0 bridgehead atoms. The molecule has 3 aromatic rings. The highest BCUT2D eigenvalue weighted by Gasteiger charge is 2.06. The van der Waals surface area contributed by atoms with E-state index in [0.717, 1.165) is 11.3 Å². The second-order valence-electron chi connectivity index (χ2n) is 6.59. The Morgan fingerprint density at radius 2 is 1.58 bits per heavy atom. The summed E-state index contributed by atoms with van der Waals surface area (Å²) in [5.41, 5.74) is 2.67. The monoisotopic (exact) mass is 440 g/mol. The van der Waals surface area contributed by atoms with Gasteiger partial charge in [0.05, 0.1) is 11.4 Å². The molecule has 3 rings (SSSR count). The first kappa shape index (κ1) is 22.9. The van der Waals surface area contributed by atoms with Crippen molar-refractivity contribution in [1.29, 1.82) is 5.26 Å².